The van der Waals surface area contributed by atoms with E-state index in [2.05, 4.69) is 31.5 Å². The number of benzene rings is 2. The molecule has 0 spiro atoms. The number of halogens is 1. The summed E-state index contributed by atoms with van der Waals surface area (Å²) < 4.78 is 5.95. The Morgan fingerprint density at radius 1 is 1.19 bits per heavy atom. The molecule has 0 atom stereocenters. The van der Waals surface area contributed by atoms with Crippen molar-refractivity contribution in [3.63, 3.8) is 0 Å². The van der Waals surface area contributed by atoms with E-state index >= 15 is 0 Å². The number of rotatable bonds is 6. The first-order chi connectivity index (χ1) is 12.6. The van der Waals surface area contributed by atoms with Crippen LogP contribution in [0.4, 0.5) is 9.93 Å². The average molecular weight is 434 g/mol. The molecule has 0 fully saturated rings. The number of alkyl halides is 1. The van der Waals surface area contributed by atoms with Crippen molar-refractivity contribution in [1.29, 1.82) is 0 Å². The van der Waals surface area contributed by atoms with Crippen molar-refractivity contribution in [2.45, 2.75) is 6.54 Å². The molecular formula is C18H16BrN3O3S. The molecule has 3 rings (SSSR count). The Morgan fingerprint density at radius 3 is 2.65 bits per heavy atom. The maximum atomic E-state index is 12.1. The summed E-state index contributed by atoms with van der Waals surface area (Å²) in [5.41, 5.74) is 2.32. The smallest absolute Gasteiger partial charge is 0.321 e. The second-order valence-electron chi connectivity index (χ2n) is 5.41. The first-order valence-corrected chi connectivity index (χ1v) is 9.70. The van der Waals surface area contributed by atoms with E-state index in [0.29, 0.717) is 17.2 Å². The molecule has 6 nitrogen and oxygen atoms in total. The van der Waals surface area contributed by atoms with Crippen LogP contribution in [-0.2, 0) is 6.54 Å². The third-order valence-electron chi connectivity index (χ3n) is 3.66. The number of nitrogens with zero attached hydrogens (tertiary/aromatic N) is 1. The van der Waals surface area contributed by atoms with Gasteiger partial charge >= 0.3 is 6.03 Å². The van der Waals surface area contributed by atoms with E-state index < -0.39 is 0 Å². The molecule has 26 heavy (non-hydrogen) atoms. The molecule has 1 heterocycles. The van der Waals surface area contributed by atoms with E-state index in [0.717, 1.165) is 21.5 Å². The van der Waals surface area contributed by atoms with Crippen LogP contribution in [0, 0.1) is 0 Å². The number of amides is 2. The van der Waals surface area contributed by atoms with Gasteiger partial charge in [-0.2, -0.15) is 0 Å². The standard InChI is InChI=1S/C18H16BrN3O3S/c1-25-13-5-2-11(3-6-13)10-20-17(24)22-18-21-14-7-4-12(15(23)9-19)8-16(14)26-18/h2-8H,9-10H2,1H3,(H2,20,21,22,24). The Morgan fingerprint density at radius 2 is 1.96 bits per heavy atom. The summed E-state index contributed by atoms with van der Waals surface area (Å²) in [6.07, 6.45) is 0. The van der Waals surface area contributed by atoms with Gasteiger partial charge in [-0.25, -0.2) is 9.78 Å². The lowest BCUT2D eigenvalue weighted by Crippen LogP contribution is -2.28. The Balaban J connectivity index is 1.62. The summed E-state index contributed by atoms with van der Waals surface area (Å²) in [5, 5.41) is 6.26. The van der Waals surface area contributed by atoms with Crippen LogP contribution >= 0.6 is 27.3 Å². The first kappa shape index (κ1) is 18.3. The third kappa shape index (κ3) is 4.39. The van der Waals surface area contributed by atoms with Gasteiger partial charge < -0.3 is 10.1 Å². The van der Waals surface area contributed by atoms with Crippen molar-refractivity contribution in [3.8, 4) is 5.75 Å². The summed E-state index contributed by atoms with van der Waals surface area (Å²) in [6.45, 7) is 0.393. The molecule has 0 aliphatic carbocycles. The maximum absolute atomic E-state index is 12.1. The van der Waals surface area contributed by atoms with Gasteiger partial charge in [0.15, 0.2) is 10.9 Å². The van der Waals surface area contributed by atoms with Gasteiger partial charge in [-0.15, -0.1) is 0 Å². The molecule has 0 aliphatic rings. The molecule has 134 valence electrons. The Bertz CT molecular complexity index is 941. The van der Waals surface area contributed by atoms with Gasteiger partial charge in [-0.3, -0.25) is 10.1 Å². The summed E-state index contributed by atoms with van der Waals surface area (Å²) in [4.78, 5) is 28.2. The summed E-state index contributed by atoms with van der Waals surface area (Å²) >= 11 is 4.49. The van der Waals surface area contributed by atoms with Crippen LogP contribution < -0.4 is 15.4 Å². The SMILES string of the molecule is COc1ccc(CNC(=O)Nc2nc3ccc(C(=O)CBr)cc3s2)cc1. The Kier molecular flexibility index (Phi) is 5.85. The van der Waals surface area contributed by atoms with E-state index in [-0.39, 0.29) is 17.1 Å². The highest BCUT2D eigenvalue weighted by Crippen LogP contribution is 2.27. The lowest BCUT2D eigenvalue weighted by Gasteiger charge is -2.06. The van der Waals surface area contributed by atoms with Crippen LogP contribution in [-0.4, -0.2) is 29.2 Å². The lowest BCUT2D eigenvalue weighted by atomic mass is 10.1. The molecule has 0 saturated heterocycles. The number of hydrogen-bond donors (Lipinski definition) is 2. The average Bonchev–Trinajstić information content (AvgIpc) is 3.07. The van der Waals surface area contributed by atoms with Crippen LogP contribution in [0.3, 0.4) is 0 Å². The number of carbonyl (C=O) groups is 2. The lowest BCUT2D eigenvalue weighted by molar-refractivity contribution is 0.102. The number of urea groups is 1. The number of methoxy groups -OCH3 is 1. The molecule has 2 aromatic carbocycles. The fourth-order valence-electron chi connectivity index (χ4n) is 2.30. The second-order valence-corrected chi connectivity index (χ2v) is 7.01. The number of ether oxygens (including phenoxy) is 1. The minimum absolute atomic E-state index is 0.00652. The van der Waals surface area contributed by atoms with Gasteiger partial charge in [0.2, 0.25) is 0 Å². The maximum Gasteiger partial charge on any atom is 0.321 e. The zero-order chi connectivity index (χ0) is 18.5. The van der Waals surface area contributed by atoms with Crippen molar-refractivity contribution in [3.05, 3.63) is 53.6 Å². The Hall–Kier alpha value is -2.45. The molecule has 2 amide bonds. The zero-order valence-corrected chi connectivity index (χ0v) is 16.3. The highest BCUT2D eigenvalue weighted by molar-refractivity contribution is 9.09. The molecule has 0 bridgehead atoms. The molecule has 0 unspecified atom stereocenters. The van der Waals surface area contributed by atoms with E-state index in [1.165, 1.54) is 11.3 Å². The van der Waals surface area contributed by atoms with Crippen LogP contribution in [0.2, 0.25) is 0 Å². The van der Waals surface area contributed by atoms with Gasteiger partial charge in [-0.1, -0.05) is 39.4 Å². The van der Waals surface area contributed by atoms with Crippen LogP contribution in [0.1, 0.15) is 15.9 Å². The molecule has 3 aromatic rings. The predicted octanol–water partition coefficient (Wildman–Crippen LogP) is 4.20. The molecule has 0 aliphatic heterocycles. The molecule has 0 radical (unpaired) electrons. The number of anilines is 1. The quantitative estimate of drug-likeness (QED) is 0.450. The van der Waals surface area contributed by atoms with Crippen LogP contribution in [0.15, 0.2) is 42.5 Å². The number of ketones is 1. The molecular weight excluding hydrogens is 418 g/mol. The molecule has 0 saturated carbocycles. The van der Waals surface area contributed by atoms with Crippen molar-refractivity contribution < 1.29 is 14.3 Å². The van der Waals surface area contributed by atoms with Crippen molar-refractivity contribution in [2.24, 2.45) is 0 Å². The summed E-state index contributed by atoms with van der Waals surface area (Å²) in [5.74, 6) is 0.775. The minimum Gasteiger partial charge on any atom is -0.497 e. The van der Waals surface area contributed by atoms with Crippen molar-refractivity contribution in [1.82, 2.24) is 10.3 Å². The number of fused-ring (bicyclic) bond motifs is 1. The molecule has 8 heteroatoms. The van der Waals surface area contributed by atoms with Gasteiger partial charge in [0.25, 0.3) is 0 Å². The number of thiazole rings is 1. The van der Waals surface area contributed by atoms with E-state index in [1.54, 1.807) is 25.3 Å². The van der Waals surface area contributed by atoms with E-state index in [4.69, 9.17) is 4.74 Å². The fourth-order valence-corrected chi connectivity index (χ4v) is 3.52. The van der Waals surface area contributed by atoms with Crippen LogP contribution in [0.5, 0.6) is 5.75 Å². The topological polar surface area (TPSA) is 80.3 Å². The second kappa shape index (κ2) is 8.29. The first-order valence-electron chi connectivity index (χ1n) is 7.76. The van der Waals surface area contributed by atoms with Crippen molar-refractivity contribution in [2.75, 3.05) is 17.8 Å². The normalized spacial score (nSPS) is 10.5. The number of aromatic nitrogens is 1. The minimum atomic E-state index is -0.336. The molecule has 1 aromatic heterocycles. The predicted molar refractivity (Wildman–Crippen MR) is 107 cm³/mol. The zero-order valence-electron chi connectivity index (χ0n) is 13.9. The highest BCUT2D eigenvalue weighted by Gasteiger charge is 2.10. The van der Waals surface area contributed by atoms with Gasteiger partial charge in [0.1, 0.15) is 5.75 Å². The summed E-state index contributed by atoms with van der Waals surface area (Å²) in [7, 11) is 1.61. The number of hydrogen-bond acceptors (Lipinski definition) is 5. The Labute approximate surface area is 162 Å². The van der Waals surface area contributed by atoms with E-state index in [1.807, 2.05) is 24.3 Å². The van der Waals surface area contributed by atoms with Gasteiger partial charge in [-0.05, 0) is 35.9 Å². The number of carbonyl (C=O) groups excluding carboxylic acids is 2. The fraction of sp³-hybridized carbons (Fsp3) is 0.167. The van der Waals surface area contributed by atoms with E-state index in [9.17, 15) is 9.59 Å². The largest absolute Gasteiger partial charge is 0.497 e. The van der Waals surface area contributed by atoms with Crippen molar-refractivity contribution >= 4 is 54.4 Å². The third-order valence-corrected chi connectivity index (χ3v) is 5.11. The number of Topliss-reactive ketones (excluding diaryl/α,β-unsaturated/α-hetero) is 1. The molecule has 2 N–H and O–H groups in total. The number of nitrogens with one attached hydrogen (secondary N) is 2. The van der Waals surface area contributed by atoms with Crippen LogP contribution in [0.25, 0.3) is 10.2 Å². The van der Waals surface area contributed by atoms with Gasteiger partial charge in [0, 0.05) is 12.1 Å². The summed E-state index contributed by atoms with van der Waals surface area (Å²) in [6, 6.07) is 12.4. The van der Waals surface area contributed by atoms with Gasteiger partial charge in [0.05, 0.1) is 22.7 Å². The monoisotopic (exact) mass is 433 g/mol. The highest BCUT2D eigenvalue weighted by atomic mass is 79.9.